The largest absolute Gasteiger partial charge is 0.486 e. The van der Waals surface area contributed by atoms with Crippen molar-refractivity contribution in [3.05, 3.63) is 90.0 Å². The van der Waals surface area contributed by atoms with E-state index in [4.69, 9.17) is 9.47 Å². The van der Waals surface area contributed by atoms with E-state index in [9.17, 15) is 9.59 Å². The minimum Gasteiger partial charge on any atom is -0.486 e. The van der Waals surface area contributed by atoms with E-state index >= 15 is 0 Å². The summed E-state index contributed by atoms with van der Waals surface area (Å²) in [6.45, 7) is 1.98. The first-order valence-corrected chi connectivity index (χ1v) is 11.0. The van der Waals surface area contributed by atoms with Crippen molar-refractivity contribution in [3.63, 3.8) is 0 Å². The standard InChI is InChI=1S/C26H25N3O4/c30-24(27-25(19-7-3-1-4-8-19)20-9-5-2-6-10-20)18-28-13-14-29(26(28)31)21-11-12-22-23(17-21)33-16-15-32-22/h1-12,17,25H,13-16,18H2,(H,27,30). The summed E-state index contributed by atoms with van der Waals surface area (Å²) < 4.78 is 11.2. The molecule has 3 aromatic carbocycles. The van der Waals surface area contributed by atoms with Crippen molar-refractivity contribution in [3.8, 4) is 11.5 Å². The molecule has 2 aliphatic heterocycles. The van der Waals surface area contributed by atoms with Crippen LogP contribution in [0, 0.1) is 0 Å². The Morgan fingerprint density at radius 1 is 0.848 bits per heavy atom. The highest BCUT2D eigenvalue weighted by molar-refractivity contribution is 5.96. The maximum Gasteiger partial charge on any atom is 0.325 e. The SMILES string of the molecule is O=C(CN1CCN(c2ccc3c(c2)OCCO3)C1=O)NC(c1ccccc1)c1ccccc1. The molecule has 7 nitrogen and oxygen atoms in total. The third-order valence-electron chi connectivity index (χ3n) is 5.84. The number of hydrogen-bond acceptors (Lipinski definition) is 4. The summed E-state index contributed by atoms with van der Waals surface area (Å²) >= 11 is 0. The average molecular weight is 444 g/mol. The smallest absolute Gasteiger partial charge is 0.325 e. The van der Waals surface area contributed by atoms with Gasteiger partial charge in [-0.05, 0) is 23.3 Å². The first-order valence-electron chi connectivity index (χ1n) is 11.0. The van der Waals surface area contributed by atoms with E-state index in [1.807, 2.05) is 78.9 Å². The predicted molar refractivity (Wildman–Crippen MR) is 125 cm³/mol. The molecule has 1 N–H and O–H groups in total. The van der Waals surface area contributed by atoms with Crippen LogP contribution >= 0.6 is 0 Å². The summed E-state index contributed by atoms with van der Waals surface area (Å²) in [7, 11) is 0. The number of fused-ring (bicyclic) bond motifs is 1. The van der Waals surface area contributed by atoms with Gasteiger partial charge in [-0.15, -0.1) is 0 Å². The number of benzene rings is 3. The van der Waals surface area contributed by atoms with Crippen LogP contribution in [0.25, 0.3) is 0 Å². The third-order valence-corrected chi connectivity index (χ3v) is 5.84. The van der Waals surface area contributed by atoms with Crippen LogP contribution in [0.1, 0.15) is 17.2 Å². The molecule has 0 saturated carbocycles. The Morgan fingerprint density at radius 3 is 2.15 bits per heavy atom. The van der Waals surface area contributed by atoms with Crippen LogP contribution in [0.3, 0.4) is 0 Å². The molecule has 0 bridgehead atoms. The van der Waals surface area contributed by atoms with Crippen LogP contribution < -0.4 is 19.7 Å². The lowest BCUT2D eigenvalue weighted by Crippen LogP contribution is -2.41. The maximum atomic E-state index is 13.0. The number of carbonyl (C=O) groups excluding carboxylic acids is 2. The molecule has 5 rings (SSSR count). The number of nitrogens with zero attached hydrogens (tertiary/aromatic N) is 2. The molecule has 3 amide bonds. The second kappa shape index (κ2) is 9.24. The molecule has 1 fully saturated rings. The normalized spacial score (nSPS) is 15.1. The molecule has 0 atom stereocenters. The van der Waals surface area contributed by atoms with Crippen molar-refractivity contribution in [1.82, 2.24) is 10.2 Å². The summed E-state index contributed by atoms with van der Waals surface area (Å²) in [6.07, 6.45) is 0. The molecular weight excluding hydrogens is 418 g/mol. The number of rotatable bonds is 6. The van der Waals surface area contributed by atoms with E-state index < -0.39 is 0 Å². The maximum absolute atomic E-state index is 13.0. The van der Waals surface area contributed by atoms with E-state index in [1.165, 1.54) is 0 Å². The van der Waals surface area contributed by atoms with Gasteiger partial charge in [-0.1, -0.05) is 60.7 Å². The van der Waals surface area contributed by atoms with Gasteiger partial charge in [0.25, 0.3) is 0 Å². The Kier molecular flexibility index (Phi) is 5.85. The molecule has 7 heteroatoms. The summed E-state index contributed by atoms with van der Waals surface area (Å²) in [4.78, 5) is 29.2. The van der Waals surface area contributed by atoms with Crippen molar-refractivity contribution in [2.45, 2.75) is 6.04 Å². The Morgan fingerprint density at radius 2 is 1.48 bits per heavy atom. The average Bonchev–Trinajstić information content (AvgIpc) is 3.23. The highest BCUT2D eigenvalue weighted by atomic mass is 16.6. The monoisotopic (exact) mass is 443 g/mol. The van der Waals surface area contributed by atoms with Gasteiger partial charge in [-0.2, -0.15) is 0 Å². The zero-order chi connectivity index (χ0) is 22.6. The first kappa shape index (κ1) is 20.9. The van der Waals surface area contributed by atoms with Crippen molar-refractivity contribution in [2.75, 3.05) is 37.7 Å². The third kappa shape index (κ3) is 4.48. The van der Waals surface area contributed by atoms with Crippen molar-refractivity contribution >= 4 is 17.6 Å². The number of carbonyl (C=O) groups is 2. The lowest BCUT2D eigenvalue weighted by atomic mass is 9.99. The molecule has 0 aliphatic carbocycles. The molecule has 3 aromatic rings. The van der Waals surface area contributed by atoms with Crippen LogP contribution in [0.15, 0.2) is 78.9 Å². The second-order valence-electron chi connectivity index (χ2n) is 8.01. The molecule has 1 saturated heterocycles. The van der Waals surface area contributed by atoms with Gasteiger partial charge >= 0.3 is 6.03 Å². The van der Waals surface area contributed by atoms with Crippen molar-refractivity contribution in [2.24, 2.45) is 0 Å². The summed E-state index contributed by atoms with van der Waals surface area (Å²) in [6, 6.07) is 24.6. The van der Waals surface area contributed by atoms with Crippen LogP contribution in [-0.2, 0) is 4.79 Å². The Labute approximate surface area is 192 Å². The highest BCUT2D eigenvalue weighted by Crippen LogP contribution is 2.35. The number of amides is 3. The molecule has 33 heavy (non-hydrogen) atoms. The molecular formula is C26H25N3O4. The van der Waals surface area contributed by atoms with Gasteiger partial charge in [0, 0.05) is 24.8 Å². The van der Waals surface area contributed by atoms with Crippen LogP contribution in [-0.4, -0.2) is 49.7 Å². The van der Waals surface area contributed by atoms with Crippen LogP contribution in [0.5, 0.6) is 11.5 Å². The lowest BCUT2D eigenvalue weighted by Gasteiger charge is -2.23. The summed E-state index contributed by atoms with van der Waals surface area (Å²) in [5, 5.41) is 3.10. The number of anilines is 1. The lowest BCUT2D eigenvalue weighted by molar-refractivity contribution is -0.122. The minimum atomic E-state index is -0.286. The molecule has 2 heterocycles. The number of nitrogens with one attached hydrogen (secondary N) is 1. The van der Waals surface area contributed by atoms with Gasteiger partial charge in [-0.25, -0.2) is 4.79 Å². The summed E-state index contributed by atoms with van der Waals surface area (Å²) in [5.74, 6) is 1.11. The van der Waals surface area contributed by atoms with Crippen molar-refractivity contribution in [1.29, 1.82) is 0 Å². The topological polar surface area (TPSA) is 71.1 Å². The molecule has 2 aliphatic rings. The van der Waals surface area contributed by atoms with Crippen LogP contribution in [0.4, 0.5) is 10.5 Å². The minimum absolute atomic E-state index is 0.00392. The van der Waals surface area contributed by atoms with Gasteiger partial charge in [0.1, 0.15) is 19.8 Å². The van der Waals surface area contributed by atoms with Gasteiger partial charge in [0.2, 0.25) is 5.91 Å². The number of urea groups is 1. The molecule has 0 spiro atoms. The fraction of sp³-hybridized carbons (Fsp3) is 0.231. The van der Waals surface area contributed by atoms with Gasteiger partial charge in [0.15, 0.2) is 11.5 Å². The fourth-order valence-electron chi connectivity index (χ4n) is 4.20. The Bertz CT molecular complexity index is 1100. The van der Waals surface area contributed by atoms with E-state index in [-0.39, 0.29) is 24.5 Å². The molecule has 0 radical (unpaired) electrons. The van der Waals surface area contributed by atoms with E-state index in [0.717, 1.165) is 16.8 Å². The fourth-order valence-corrected chi connectivity index (χ4v) is 4.20. The number of hydrogen-bond donors (Lipinski definition) is 1. The Hall–Kier alpha value is -4.00. The first-order chi connectivity index (χ1) is 16.2. The zero-order valence-electron chi connectivity index (χ0n) is 18.1. The Balaban J connectivity index is 1.27. The molecule has 0 unspecified atom stereocenters. The quantitative estimate of drug-likeness (QED) is 0.632. The molecule has 168 valence electrons. The van der Waals surface area contributed by atoms with E-state index in [0.29, 0.717) is 37.8 Å². The van der Waals surface area contributed by atoms with Gasteiger partial charge in [0.05, 0.1) is 6.04 Å². The van der Waals surface area contributed by atoms with E-state index in [1.54, 1.807) is 9.80 Å². The van der Waals surface area contributed by atoms with Crippen molar-refractivity contribution < 1.29 is 19.1 Å². The second-order valence-corrected chi connectivity index (χ2v) is 8.01. The summed E-state index contributed by atoms with van der Waals surface area (Å²) in [5.41, 5.74) is 2.71. The number of ether oxygens (including phenoxy) is 2. The molecule has 0 aromatic heterocycles. The van der Waals surface area contributed by atoms with Crippen LogP contribution in [0.2, 0.25) is 0 Å². The van der Waals surface area contributed by atoms with Gasteiger partial charge in [-0.3, -0.25) is 9.69 Å². The van der Waals surface area contributed by atoms with Gasteiger partial charge < -0.3 is 19.7 Å². The van der Waals surface area contributed by atoms with E-state index in [2.05, 4.69) is 5.32 Å². The highest BCUT2D eigenvalue weighted by Gasteiger charge is 2.32. The predicted octanol–water partition coefficient (Wildman–Crippen LogP) is 3.61. The zero-order valence-corrected chi connectivity index (χ0v) is 18.1.